The number of aliphatic imine (C=N–C) groups is 1. The molecular formula is C19H29IN6. The van der Waals surface area contributed by atoms with Crippen molar-refractivity contribution in [2.24, 2.45) is 4.99 Å². The van der Waals surface area contributed by atoms with Crippen molar-refractivity contribution in [3.8, 4) is 0 Å². The maximum absolute atomic E-state index is 4.70. The topological polar surface area (TPSA) is 58.3 Å². The Bertz CT molecular complexity index is 695. The molecule has 0 aliphatic carbocycles. The smallest absolute Gasteiger partial charge is 0.193 e. The summed E-state index contributed by atoms with van der Waals surface area (Å²) in [4.78, 5) is 6.72. The van der Waals surface area contributed by atoms with Crippen LogP contribution in [-0.2, 0) is 25.9 Å². The number of fused-ring (bicyclic) bond motifs is 1. The molecule has 1 aliphatic heterocycles. The van der Waals surface area contributed by atoms with E-state index in [-0.39, 0.29) is 24.0 Å². The van der Waals surface area contributed by atoms with Gasteiger partial charge in [0, 0.05) is 40.0 Å². The first kappa shape index (κ1) is 20.7. The molecule has 0 radical (unpaired) electrons. The van der Waals surface area contributed by atoms with Crippen molar-refractivity contribution in [3.05, 3.63) is 47.5 Å². The first-order chi connectivity index (χ1) is 12.2. The number of nitrogens with zero attached hydrogens (tertiary/aromatic N) is 5. The molecule has 0 saturated heterocycles. The molecule has 2 heterocycles. The molecule has 1 aliphatic rings. The van der Waals surface area contributed by atoms with Crippen LogP contribution in [0.2, 0.25) is 0 Å². The predicted molar refractivity (Wildman–Crippen MR) is 116 cm³/mol. The molecule has 1 aromatic heterocycles. The van der Waals surface area contributed by atoms with Gasteiger partial charge >= 0.3 is 0 Å². The molecule has 2 aromatic rings. The minimum absolute atomic E-state index is 0. The second-order valence-electron chi connectivity index (χ2n) is 6.69. The summed E-state index contributed by atoms with van der Waals surface area (Å²) in [5.74, 6) is 3.14. The molecule has 0 unspecified atom stereocenters. The van der Waals surface area contributed by atoms with Gasteiger partial charge in [0.1, 0.15) is 11.6 Å². The Hall–Kier alpha value is -1.64. The van der Waals surface area contributed by atoms with Gasteiger partial charge in [0.05, 0.1) is 6.54 Å². The van der Waals surface area contributed by atoms with Crippen LogP contribution in [0.1, 0.15) is 36.5 Å². The monoisotopic (exact) mass is 468 g/mol. The van der Waals surface area contributed by atoms with E-state index in [4.69, 9.17) is 4.99 Å². The van der Waals surface area contributed by atoms with E-state index < -0.39 is 0 Å². The summed E-state index contributed by atoms with van der Waals surface area (Å²) in [6.07, 6.45) is 5.67. The van der Waals surface area contributed by atoms with Crippen molar-refractivity contribution >= 4 is 29.9 Å². The summed E-state index contributed by atoms with van der Waals surface area (Å²) < 4.78 is 2.31. The van der Waals surface area contributed by atoms with Gasteiger partial charge in [-0.3, -0.25) is 0 Å². The van der Waals surface area contributed by atoms with Crippen LogP contribution in [0.3, 0.4) is 0 Å². The van der Waals surface area contributed by atoms with Crippen molar-refractivity contribution < 1.29 is 0 Å². The third-order valence-corrected chi connectivity index (χ3v) is 4.50. The van der Waals surface area contributed by atoms with Crippen molar-refractivity contribution in [1.29, 1.82) is 0 Å². The lowest BCUT2D eigenvalue weighted by Gasteiger charge is -2.17. The first-order valence-corrected chi connectivity index (χ1v) is 9.14. The largest absolute Gasteiger partial charge is 0.356 e. The number of guanidine groups is 1. The third kappa shape index (κ3) is 5.69. The summed E-state index contributed by atoms with van der Waals surface area (Å²) >= 11 is 0. The van der Waals surface area contributed by atoms with Crippen molar-refractivity contribution in [3.63, 3.8) is 0 Å². The molecule has 0 bridgehead atoms. The third-order valence-electron chi connectivity index (χ3n) is 4.50. The molecule has 0 fully saturated rings. The van der Waals surface area contributed by atoms with E-state index in [1.165, 1.54) is 24.8 Å². The van der Waals surface area contributed by atoms with E-state index in [0.717, 1.165) is 43.5 Å². The highest BCUT2D eigenvalue weighted by Gasteiger charge is 2.14. The number of halogens is 1. The fraction of sp³-hybridized carbons (Fsp3) is 0.526. The summed E-state index contributed by atoms with van der Waals surface area (Å²) in [6, 6.07) is 10.3. The second kappa shape index (κ2) is 10.5. The summed E-state index contributed by atoms with van der Waals surface area (Å²) in [5.41, 5.74) is 1.21. The van der Waals surface area contributed by atoms with Gasteiger partial charge in [0.15, 0.2) is 5.96 Å². The average molecular weight is 468 g/mol. The highest BCUT2D eigenvalue weighted by molar-refractivity contribution is 14.0. The highest BCUT2D eigenvalue weighted by Crippen LogP contribution is 2.14. The standard InChI is InChI=1S/C19H28N6.HI/c1-24(2)19(21-15-16-9-5-3-6-10-16)20-13-12-18-23-22-17-11-7-4-8-14-25(17)18;/h3,5-6,9-10H,4,7-8,11-15H2,1-2H3,(H,20,21);1H. The summed E-state index contributed by atoms with van der Waals surface area (Å²) in [7, 11) is 4.03. The Labute approximate surface area is 173 Å². The van der Waals surface area contributed by atoms with Crippen LogP contribution in [0.15, 0.2) is 35.3 Å². The Balaban J connectivity index is 0.00000243. The van der Waals surface area contributed by atoms with E-state index >= 15 is 0 Å². The quantitative estimate of drug-likeness (QED) is 0.417. The van der Waals surface area contributed by atoms with Crippen LogP contribution in [0.5, 0.6) is 0 Å². The molecule has 1 aromatic carbocycles. The Kier molecular flexibility index (Phi) is 8.34. The maximum Gasteiger partial charge on any atom is 0.193 e. The minimum Gasteiger partial charge on any atom is -0.356 e. The molecule has 3 rings (SSSR count). The zero-order valence-electron chi connectivity index (χ0n) is 15.7. The van der Waals surface area contributed by atoms with E-state index in [9.17, 15) is 0 Å². The van der Waals surface area contributed by atoms with Crippen LogP contribution in [0, 0.1) is 0 Å². The SMILES string of the molecule is CN(C)C(=NCc1ccccc1)NCCc1nnc2n1CCCCC2.I. The Morgan fingerprint density at radius 2 is 1.96 bits per heavy atom. The number of rotatable bonds is 5. The van der Waals surface area contributed by atoms with Gasteiger partial charge in [-0.1, -0.05) is 36.8 Å². The van der Waals surface area contributed by atoms with Gasteiger partial charge in [-0.2, -0.15) is 0 Å². The van der Waals surface area contributed by atoms with Crippen molar-refractivity contribution in [1.82, 2.24) is 25.0 Å². The predicted octanol–water partition coefficient (Wildman–Crippen LogP) is 2.87. The lowest BCUT2D eigenvalue weighted by atomic mass is 10.2. The lowest BCUT2D eigenvalue weighted by molar-refractivity contribution is 0.568. The number of nitrogens with one attached hydrogen (secondary N) is 1. The van der Waals surface area contributed by atoms with Crippen LogP contribution >= 0.6 is 24.0 Å². The van der Waals surface area contributed by atoms with Crippen LogP contribution in [0.4, 0.5) is 0 Å². The number of benzene rings is 1. The molecule has 26 heavy (non-hydrogen) atoms. The van der Waals surface area contributed by atoms with Crippen LogP contribution < -0.4 is 5.32 Å². The Morgan fingerprint density at radius 1 is 1.15 bits per heavy atom. The molecule has 142 valence electrons. The van der Waals surface area contributed by atoms with E-state index in [1.807, 2.05) is 37.2 Å². The minimum atomic E-state index is 0. The highest BCUT2D eigenvalue weighted by atomic mass is 127. The van der Waals surface area contributed by atoms with Gasteiger partial charge in [-0.25, -0.2) is 4.99 Å². The molecule has 0 amide bonds. The van der Waals surface area contributed by atoms with Gasteiger partial charge in [-0.05, 0) is 18.4 Å². The normalized spacial score (nSPS) is 14.2. The van der Waals surface area contributed by atoms with Gasteiger partial charge < -0.3 is 14.8 Å². The number of hydrogen-bond donors (Lipinski definition) is 1. The zero-order chi connectivity index (χ0) is 17.5. The fourth-order valence-electron chi connectivity index (χ4n) is 3.12. The van der Waals surface area contributed by atoms with Gasteiger partial charge in [0.25, 0.3) is 0 Å². The van der Waals surface area contributed by atoms with Crippen LogP contribution in [0.25, 0.3) is 0 Å². The molecule has 7 heteroatoms. The zero-order valence-corrected chi connectivity index (χ0v) is 18.0. The molecule has 0 spiro atoms. The average Bonchev–Trinajstić information content (AvgIpc) is 2.85. The Morgan fingerprint density at radius 3 is 2.73 bits per heavy atom. The van der Waals surface area contributed by atoms with Crippen LogP contribution in [-0.4, -0.2) is 46.3 Å². The van der Waals surface area contributed by atoms with E-state index in [1.54, 1.807) is 0 Å². The number of aryl methyl sites for hydroxylation is 1. The lowest BCUT2D eigenvalue weighted by Crippen LogP contribution is -2.37. The molecule has 0 saturated carbocycles. The molecule has 0 atom stereocenters. The second-order valence-corrected chi connectivity index (χ2v) is 6.69. The van der Waals surface area contributed by atoms with E-state index in [0.29, 0.717) is 6.54 Å². The van der Waals surface area contributed by atoms with E-state index in [2.05, 4.69) is 32.2 Å². The van der Waals surface area contributed by atoms with Crippen molar-refractivity contribution in [2.45, 2.75) is 45.2 Å². The first-order valence-electron chi connectivity index (χ1n) is 9.14. The van der Waals surface area contributed by atoms with Crippen molar-refractivity contribution in [2.75, 3.05) is 20.6 Å². The number of hydrogen-bond acceptors (Lipinski definition) is 3. The van der Waals surface area contributed by atoms with Gasteiger partial charge in [0.2, 0.25) is 0 Å². The summed E-state index contributed by atoms with van der Waals surface area (Å²) in [5, 5.41) is 12.2. The summed E-state index contributed by atoms with van der Waals surface area (Å²) in [6.45, 7) is 2.55. The van der Waals surface area contributed by atoms with Gasteiger partial charge in [-0.15, -0.1) is 34.2 Å². The number of aromatic nitrogens is 3. The maximum atomic E-state index is 4.70. The molecular weight excluding hydrogens is 439 g/mol. The fourth-order valence-corrected chi connectivity index (χ4v) is 3.12. The molecule has 6 nitrogen and oxygen atoms in total. The molecule has 1 N–H and O–H groups in total.